The van der Waals surface area contributed by atoms with E-state index < -0.39 is 10.8 Å². The van der Waals surface area contributed by atoms with Crippen molar-refractivity contribution in [1.29, 1.82) is 0 Å². The van der Waals surface area contributed by atoms with Crippen molar-refractivity contribution in [1.82, 2.24) is 10.3 Å². The number of nitro groups is 1. The van der Waals surface area contributed by atoms with E-state index in [1.165, 1.54) is 6.20 Å². The summed E-state index contributed by atoms with van der Waals surface area (Å²) in [4.78, 5) is 25.5. The van der Waals surface area contributed by atoms with E-state index >= 15 is 0 Å². The zero-order chi connectivity index (χ0) is 13.8. The van der Waals surface area contributed by atoms with Crippen LogP contribution in [0.5, 0.6) is 0 Å². The molecule has 1 aliphatic rings. The Morgan fingerprint density at radius 2 is 2.47 bits per heavy atom. The van der Waals surface area contributed by atoms with Gasteiger partial charge in [0.05, 0.1) is 16.6 Å². The van der Waals surface area contributed by atoms with Crippen LogP contribution >= 0.6 is 0 Å². The highest BCUT2D eigenvalue weighted by Gasteiger charge is 2.19. The Hall–Kier alpha value is -2.22. The second kappa shape index (κ2) is 5.61. The summed E-state index contributed by atoms with van der Waals surface area (Å²) in [7, 11) is 0. The number of amides is 1. The van der Waals surface area contributed by atoms with Crippen LogP contribution in [0.15, 0.2) is 12.3 Å². The van der Waals surface area contributed by atoms with Crippen LogP contribution in [-0.4, -0.2) is 35.1 Å². The molecular formula is C11H14N4O4. The first kappa shape index (κ1) is 13.2. The molecule has 0 unspecified atom stereocenters. The molecule has 1 amide bonds. The predicted molar refractivity (Wildman–Crippen MR) is 66.6 cm³/mol. The van der Waals surface area contributed by atoms with Crippen LogP contribution in [0.2, 0.25) is 0 Å². The van der Waals surface area contributed by atoms with Gasteiger partial charge in [-0.1, -0.05) is 0 Å². The third-order valence-electron chi connectivity index (χ3n) is 2.87. The van der Waals surface area contributed by atoms with Crippen LogP contribution in [0.25, 0.3) is 0 Å². The fraction of sp³-hybridized carbons (Fsp3) is 0.455. The van der Waals surface area contributed by atoms with Gasteiger partial charge < -0.3 is 15.8 Å². The van der Waals surface area contributed by atoms with E-state index in [0.29, 0.717) is 13.2 Å². The molecule has 0 radical (unpaired) electrons. The summed E-state index contributed by atoms with van der Waals surface area (Å²) < 4.78 is 5.36. The minimum absolute atomic E-state index is 0.0145. The number of hydrogen-bond acceptors (Lipinski definition) is 6. The predicted octanol–water partition coefficient (Wildman–Crippen LogP) is 0.481. The monoisotopic (exact) mass is 266 g/mol. The normalized spacial score (nSPS) is 18.2. The molecule has 8 nitrogen and oxygen atoms in total. The minimum Gasteiger partial charge on any atom is -0.378 e. The van der Waals surface area contributed by atoms with E-state index in [0.717, 1.165) is 18.9 Å². The number of hydrogen-bond donors (Lipinski definition) is 2. The first-order chi connectivity index (χ1) is 9.08. The van der Waals surface area contributed by atoms with Crippen molar-refractivity contribution in [3.05, 3.63) is 27.9 Å². The maximum atomic E-state index is 11.8. The van der Waals surface area contributed by atoms with Gasteiger partial charge in [-0.2, -0.15) is 0 Å². The standard InChI is InChI=1S/C11H14N4O4/c12-10-9(15(17)18)4-7(5-13-10)11(16)14-6-8-2-1-3-19-8/h4-5,8H,1-3,6H2,(H2,12,13)(H,14,16)/t8-/m1/s1. The van der Waals surface area contributed by atoms with Gasteiger partial charge in [0.2, 0.25) is 5.82 Å². The number of ether oxygens (including phenoxy) is 1. The number of nitrogens with two attached hydrogens (primary N) is 1. The van der Waals surface area contributed by atoms with Crippen LogP contribution in [0.4, 0.5) is 11.5 Å². The number of nitrogen functional groups attached to an aromatic ring is 1. The van der Waals surface area contributed by atoms with Crippen molar-refractivity contribution in [3.8, 4) is 0 Å². The number of pyridine rings is 1. The number of carbonyl (C=O) groups is 1. The van der Waals surface area contributed by atoms with Crippen molar-refractivity contribution in [2.45, 2.75) is 18.9 Å². The Bertz CT molecular complexity index is 499. The van der Waals surface area contributed by atoms with Crippen molar-refractivity contribution in [2.24, 2.45) is 0 Å². The van der Waals surface area contributed by atoms with Crippen molar-refractivity contribution >= 4 is 17.4 Å². The SMILES string of the molecule is Nc1ncc(C(=O)NC[C@H]2CCCO2)cc1[N+](=O)[O-]. The zero-order valence-electron chi connectivity index (χ0n) is 10.2. The average molecular weight is 266 g/mol. The first-order valence-electron chi connectivity index (χ1n) is 5.87. The molecule has 1 fully saturated rings. The van der Waals surface area contributed by atoms with Crippen LogP contribution in [0, 0.1) is 10.1 Å². The largest absolute Gasteiger partial charge is 0.378 e. The molecule has 1 aromatic heterocycles. The van der Waals surface area contributed by atoms with E-state index in [2.05, 4.69) is 10.3 Å². The number of nitrogens with zero attached hydrogens (tertiary/aromatic N) is 2. The van der Waals surface area contributed by atoms with Crippen molar-refractivity contribution in [3.63, 3.8) is 0 Å². The second-order valence-corrected chi connectivity index (χ2v) is 4.23. The molecule has 3 N–H and O–H groups in total. The maximum Gasteiger partial charge on any atom is 0.311 e. The first-order valence-corrected chi connectivity index (χ1v) is 5.87. The summed E-state index contributed by atoms with van der Waals surface area (Å²) in [6, 6.07) is 1.12. The Balaban J connectivity index is 2.02. The van der Waals surface area contributed by atoms with Gasteiger partial charge in [-0.25, -0.2) is 4.98 Å². The lowest BCUT2D eigenvalue weighted by molar-refractivity contribution is -0.384. The number of carbonyl (C=O) groups excluding carboxylic acids is 1. The third-order valence-corrected chi connectivity index (χ3v) is 2.87. The molecule has 2 rings (SSSR count). The van der Waals surface area contributed by atoms with Crippen LogP contribution in [0.3, 0.4) is 0 Å². The summed E-state index contributed by atoms with van der Waals surface area (Å²) in [6.45, 7) is 1.09. The summed E-state index contributed by atoms with van der Waals surface area (Å²) in [5, 5.41) is 13.4. The quantitative estimate of drug-likeness (QED) is 0.604. The molecule has 8 heteroatoms. The Morgan fingerprint density at radius 3 is 3.11 bits per heavy atom. The molecule has 102 valence electrons. The molecule has 0 bridgehead atoms. The number of anilines is 1. The lowest BCUT2D eigenvalue weighted by Gasteiger charge is -2.10. The minimum atomic E-state index is -0.667. The lowest BCUT2D eigenvalue weighted by Crippen LogP contribution is -2.31. The van der Waals surface area contributed by atoms with E-state index in [9.17, 15) is 14.9 Å². The van der Waals surface area contributed by atoms with Gasteiger partial charge in [-0.3, -0.25) is 14.9 Å². The average Bonchev–Trinajstić information content (AvgIpc) is 2.89. The highest BCUT2D eigenvalue weighted by atomic mass is 16.6. The molecule has 1 aliphatic heterocycles. The molecule has 0 aromatic carbocycles. The topological polar surface area (TPSA) is 120 Å². The molecule has 2 heterocycles. The Morgan fingerprint density at radius 1 is 1.68 bits per heavy atom. The summed E-state index contributed by atoms with van der Waals surface area (Å²) >= 11 is 0. The van der Waals surface area contributed by atoms with Gasteiger partial charge in [-0.15, -0.1) is 0 Å². The van der Waals surface area contributed by atoms with E-state index in [1.807, 2.05) is 0 Å². The van der Waals surface area contributed by atoms with Crippen molar-refractivity contribution < 1.29 is 14.5 Å². The third kappa shape index (κ3) is 3.16. The second-order valence-electron chi connectivity index (χ2n) is 4.23. The summed E-state index contributed by atoms with van der Waals surface area (Å²) in [6.07, 6.45) is 3.11. The van der Waals surface area contributed by atoms with Gasteiger partial charge >= 0.3 is 5.69 Å². The summed E-state index contributed by atoms with van der Waals surface area (Å²) in [5.74, 6) is -0.633. The van der Waals surface area contributed by atoms with Gasteiger partial charge in [0.25, 0.3) is 5.91 Å². The number of aromatic nitrogens is 1. The molecule has 1 atom stereocenters. The zero-order valence-corrected chi connectivity index (χ0v) is 10.2. The molecule has 1 aromatic rings. The fourth-order valence-electron chi connectivity index (χ4n) is 1.85. The van der Waals surface area contributed by atoms with Gasteiger partial charge in [0.15, 0.2) is 0 Å². The highest BCUT2D eigenvalue weighted by Crippen LogP contribution is 2.19. The number of nitrogens with one attached hydrogen (secondary N) is 1. The van der Waals surface area contributed by atoms with Crippen LogP contribution in [-0.2, 0) is 4.74 Å². The maximum absolute atomic E-state index is 11.8. The van der Waals surface area contributed by atoms with Gasteiger partial charge in [-0.05, 0) is 12.8 Å². The fourth-order valence-corrected chi connectivity index (χ4v) is 1.85. The molecule has 0 saturated carbocycles. The highest BCUT2D eigenvalue weighted by molar-refractivity contribution is 5.94. The van der Waals surface area contributed by atoms with E-state index in [1.54, 1.807) is 0 Å². The van der Waals surface area contributed by atoms with Gasteiger partial charge in [0.1, 0.15) is 0 Å². The van der Waals surface area contributed by atoms with Gasteiger partial charge in [0, 0.05) is 25.4 Å². The molecule has 0 aliphatic carbocycles. The number of rotatable bonds is 4. The molecule has 19 heavy (non-hydrogen) atoms. The lowest BCUT2D eigenvalue weighted by atomic mass is 10.2. The summed E-state index contributed by atoms with van der Waals surface area (Å²) in [5.41, 5.74) is 5.10. The van der Waals surface area contributed by atoms with Crippen molar-refractivity contribution in [2.75, 3.05) is 18.9 Å². The molecular weight excluding hydrogens is 252 g/mol. The van der Waals surface area contributed by atoms with E-state index in [-0.39, 0.29) is 23.2 Å². The van der Waals surface area contributed by atoms with Crippen LogP contribution in [0.1, 0.15) is 23.2 Å². The van der Waals surface area contributed by atoms with E-state index in [4.69, 9.17) is 10.5 Å². The Kier molecular flexibility index (Phi) is 3.91. The Labute approximate surface area is 109 Å². The van der Waals surface area contributed by atoms with Crippen LogP contribution < -0.4 is 11.1 Å². The molecule has 0 spiro atoms. The smallest absolute Gasteiger partial charge is 0.311 e. The molecule has 1 saturated heterocycles.